The third kappa shape index (κ3) is 3.10. The van der Waals surface area contributed by atoms with Gasteiger partial charge in [0.1, 0.15) is 5.75 Å². The minimum Gasteiger partial charge on any atom is -0.508 e. The highest BCUT2D eigenvalue weighted by molar-refractivity contribution is 5.26. The molecule has 0 bridgehead atoms. The fourth-order valence-electron chi connectivity index (χ4n) is 1.24. The normalized spacial score (nSPS) is 13.2. The molecule has 0 unspecified atom stereocenters. The van der Waals surface area contributed by atoms with Crippen LogP contribution in [0.25, 0.3) is 0 Å². The summed E-state index contributed by atoms with van der Waals surface area (Å²) >= 11 is 0. The summed E-state index contributed by atoms with van der Waals surface area (Å²) in [4.78, 5) is 0. The van der Waals surface area contributed by atoms with E-state index in [0.717, 1.165) is 6.42 Å². The van der Waals surface area contributed by atoms with Gasteiger partial charge in [-0.15, -0.1) is 0 Å². The molecule has 1 heteroatoms. The van der Waals surface area contributed by atoms with Gasteiger partial charge >= 0.3 is 0 Å². The summed E-state index contributed by atoms with van der Waals surface area (Å²) < 4.78 is 0. The van der Waals surface area contributed by atoms with Crippen LogP contribution in [0.5, 0.6) is 5.75 Å². The average Bonchev–Trinajstić information content (AvgIpc) is 2.08. The molecule has 72 valence electrons. The van der Waals surface area contributed by atoms with Crippen LogP contribution in [0.4, 0.5) is 0 Å². The van der Waals surface area contributed by atoms with Gasteiger partial charge in [0.2, 0.25) is 0 Å². The van der Waals surface area contributed by atoms with Crippen LogP contribution in [-0.2, 0) is 6.42 Å². The lowest BCUT2D eigenvalue weighted by molar-refractivity contribution is 0.417. The predicted molar refractivity (Wildman–Crippen MR) is 55.8 cm³/mol. The molecule has 0 spiro atoms. The van der Waals surface area contributed by atoms with Gasteiger partial charge in [-0.3, -0.25) is 0 Å². The van der Waals surface area contributed by atoms with Crippen LogP contribution in [-0.4, -0.2) is 5.11 Å². The predicted octanol–water partition coefficient (Wildman–Crippen LogP) is 3.23. The van der Waals surface area contributed by atoms with Crippen LogP contribution in [0, 0.1) is 11.8 Å². The summed E-state index contributed by atoms with van der Waals surface area (Å²) in [6.07, 6.45) is 1.10. The molecule has 0 aliphatic rings. The molecule has 1 N–H and O–H groups in total. The molecule has 0 saturated carbocycles. The van der Waals surface area contributed by atoms with Crippen molar-refractivity contribution in [2.24, 2.45) is 11.8 Å². The monoisotopic (exact) mass is 178 g/mol. The Bertz CT molecular complexity index is 248. The first kappa shape index (κ1) is 10.1. The lowest BCUT2D eigenvalue weighted by atomic mass is 9.91. The van der Waals surface area contributed by atoms with Crippen molar-refractivity contribution in [2.45, 2.75) is 27.2 Å². The second kappa shape index (κ2) is 4.31. The third-order valence-electron chi connectivity index (χ3n) is 2.63. The first-order valence-electron chi connectivity index (χ1n) is 4.87. The minimum absolute atomic E-state index is 0.348. The van der Waals surface area contributed by atoms with E-state index < -0.39 is 0 Å². The molecule has 1 nitrogen and oxygen atoms in total. The standard InChI is InChI=1S/C12H18O/c1-9(2)10(3)8-11-4-6-12(13)7-5-11/h4-7,9-10,13H,8H2,1-3H3/t10-/m0/s1. The zero-order valence-electron chi connectivity index (χ0n) is 8.62. The zero-order chi connectivity index (χ0) is 9.84. The Balaban J connectivity index is 2.59. The first-order chi connectivity index (χ1) is 6.09. The summed E-state index contributed by atoms with van der Waals surface area (Å²) in [6.45, 7) is 6.74. The summed E-state index contributed by atoms with van der Waals surface area (Å²) in [5.41, 5.74) is 1.30. The molecule has 13 heavy (non-hydrogen) atoms. The Labute approximate surface area is 80.4 Å². The Kier molecular flexibility index (Phi) is 3.35. The van der Waals surface area contributed by atoms with Crippen molar-refractivity contribution in [2.75, 3.05) is 0 Å². The Hall–Kier alpha value is -0.980. The molecule has 0 aliphatic heterocycles. The number of phenols is 1. The number of hydrogen-bond donors (Lipinski definition) is 1. The maximum Gasteiger partial charge on any atom is 0.115 e. The Morgan fingerprint density at radius 2 is 1.62 bits per heavy atom. The number of hydrogen-bond acceptors (Lipinski definition) is 1. The van der Waals surface area contributed by atoms with E-state index in [9.17, 15) is 0 Å². The van der Waals surface area contributed by atoms with Crippen molar-refractivity contribution in [3.63, 3.8) is 0 Å². The van der Waals surface area contributed by atoms with E-state index in [1.807, 2.05) is 12.1 Å². The van der Waals surface area contributed by atoms with Crippen molar-refractivity contribution in [1.82, 2.24) is 0 Å². The number of rotatable bonds is 3. The summed E-state index contributed by atoms with van der Waals surface area (Å²) in [5.74, 6) is 1.76. The topological polar surface area (TPSA) is 20.2 Å². The Morgan fingerprint density at radius 3 is 2.08 bits per heavy atom. The molecule has 1 aromatic carbocycles. The fourth-order valence-corrected chi connectivity index (χ4v) is 1.24. The van der Waals surface area contributed by atoms with Crippen molar-refractivity contribution in [3.8, 4) is 5.75 Å². The Morgan fingerprint density at radius 1 is 1.08 bits per heavy atom. The molecular formula is C12H18O. The van der Waals surface area contributed by atoms with Gasteiger partial charge in [0.15, 0.2) is 0 Å². The van der Waals surface area contributed by atoms with E-state index >= 15 is 0 Å². The molecule has 1 aromatic rings. The zero-order valence-corrected chi connectivity index (χ0v) is 8.62. The van der Waals surface area contributed by atoms with E-state index in [1.54, 1.807) is 12.1 Å². The van der Waals surface area contributed by atoms with Crippen molar-refractivity contribution >= 4 is 0 Å². The van der Waals surface area contributed by atoms with Crippen LogP contribution >= 0.6 is 0 Å². The molecule has 0 heterocycles. The maximum atomic E-state index is 9.10. The number of phenolic OH excluding ortho intramolecular Hbond substituents is 1. The van der Waals surface area contributed by atoms with E-state index in [4.69, 9.17) is 5.11 Å². The quantitative estimate of drug-likeness (QED) is 0.753. The highest BCUT2D eigenvalue weighted by atomic mass is 16.3. The van der Waals surface area contributed by atoms with Gasteiger partial charge in [-0.1, -0.05) is 32.9 Å². The van der Waals surface area contributed by atoms with Gasteiger partial charge in [-0.25, -0.2) is 0 Å². The smallest absolute Gasteiger partial charge is 0.115 e. The second-order valence-electron chi connectivity index (χ2n) is 4.09. The molecule has 0 aliphatic carbocycles. The molecule has 0 amide bonds. The van der Waals surface area contributed by atoms with E-state index in [-0.39, 0.29) is 0 Å². The SMILES string of the molecule is CC(C)[C@@H](C)Cc1ccc(O)cc1. The van der Waals surface area contributed by atoms with E-state index in [0.29, 0.717) is 17.6 Å². The molecule has 1 rings (SSSR count). The van der Waals surface area contributed by atoms with Crippen LogP contribution < -0.4 is 0 Å². The van der Waals surface area contributed by atoms with Crippen LogP contribution in [0.2, 0.25) is 0 Å². The molecule has 0 saturated heterocycles. The summed E-state index contributed by atoms with van der Waals surface area (Å²) in [7, 11) is 0. The van der Waals surface area contributed by atoms with Crippen LogP contribution in [0.1, 0.15) is 26.3 Å². The molecule has 0 radical (unpaired) electrons. The fraction of sp³-hybridized carbons (Fsp3) is 0.500. The highest BCUT2D eigenvalue weighted by Crippen LogP contribution is 2.18. The van der Waals surface area contributed by atoms with Crippen molar-refractivity contribution in [3.05, 3.63) is 29.8 Å². The molecular weight excluding hydrogens is 160 g/mol. The van der Waals surface area contributed by atoms with Gasteiger partial charge in [-0.05, 0) is 36.0 Å². The minimum atomic E-state index is 0.348. The third-order valence-corrected chi connectivity index (χ3v) is 2.63. The second-order valence-corrected chi connectivity index (χ2v) is 4.09. The van der Waals surface area contributed by atoms with Gasteiger partial charge < -0.3 is 5.11 Å². The van der Waals surface area contributed by atoms with E-state index in [2.05, 4.69) is 20.8 Å². The summed E-state index contributed by atoms with van der Waals surface area (Å²) in [6, 6.07) is 7.49. The first-order valence-corrected chi connectivity index (χ1v) is 4.87. The van der Waals surface area contributed by atoms with Gasteiger partial charge in [0.25, 0.3) is 0 Å². The van der Waals surface area contributed by atoms with Crippen LogP contribution in [0.3, 0.4) is 0 Å². The largest absolute Gasteiger partial charge is 0.508 e. The van der Waals surface area contributed by atoms with E-state index in [1.165, 1.54) is 5.56 Å². The maximum absolute atomic E-state index is 9.10. The molecule has 0 fully saturated rings. The molecule has 0 aromatic heterocycles. The lowest BCUT2D eigenvalue weighted by Crippen LogP contribution is -2.06. The average molecular weight is 178 g/mol. The van der Waals surface area contributed by atoms with Crippen molar-refractivity contribution in [1.29, 1.82) is 0 Å². The summed E-state index contributed by atoms with van der Waals surface area (Å²) in [5, 5.41) is 9.10. The van der Waals surface area contributed by atoms with Gasteiger partial charge in [0.05, 0.1) is 0 Å². The van der Waals surface area contributed by atoms with Crippen molar-refractivity contribution < 1.29 is 5.11 Å². The molecule has 1 atom stereocenters. The van der Waals surface area contributed by atoms with Gasteiger partial charge in [0, 0.05) is 0 Å². The number of aromatic hydroxyl groups is 1. The lowest BCUT2D eigenvalue weighted by Gasteiger charge is -2.15. The van der Waals surface area contributed by atoms with Crippen LogP contribution in [0.15, 0.2) is 24.3 Å². The highest BCUT2D eigenvalue weighted by Gasteiger charge is 2.07. The van der Waals surface area contributed by atoms with Gasteiger partial charge in [-0.2, -0.15) is 0 Å². The number of benzene rings is 1.